The topological polar surface area (TPSA) is 12.9 Å². The third-order valence-electron chi connectivity index (χ3n) is 0.916. The van der Waals surface area contributed by atoms with Gasteiger partial charge in [0.05, 0.1) is 6.20 Å². The van der Waals surface area contributed by atoms with Crippen LogP contribution >= 0.6 is 36.4 Å². The average Bonchev–Trinajstić information content (AvgIpc) is 1.88. The first-order valence-electron chi connectivity index (χ1n) is 2.48. The predicted molar refractivity (Wildman–Crippen MR) is 48.2 cm³/mol. The number of alkyl halides is 1. The third-order valence-corrected chi connectivity index (χ3v) is 1.22. The van der Waals surface area contributed by atoms with Crippen LogP contribution in [-0.2, 0) is 5.88 Å². The number of nitrogens with zero attached hydrogens (tertiary/aromatic N) is 1. The highest BCUT2D eigenvalue weighted by Gasteiger charge is 1.91. The van der Waals surface area contributed by atoms with Crippen molar-refractivity contribution in [3.63, 3.8) is 0 Å². The van der Waals surface area contributed by atoms with E-state index in [0.717, 1.165) is 6.20 Å². The van der Waals surface area contributed by atoms with E-state index in [1.54, 1.807) is 0 Å². The summed E-state index contributed by atoms with van der Waals surface area (Å²) < 4.78 is 12.2. The molecule has 0 spiro atoms. The maximum absolute atomic E-state index is 12.2. The summed E-state index contributed by atoms with van der Waals surface area (Å²) in [5.41, 5.74) is 0.705. The fourth-order valence-electron chi connectivity index (χ4n) is 0.529. The molecule has 1 nitrogen and oxygen atoms in total. The molecule has 0 saturated heterocycles. The van der Waals surface area contributed by atoms with Gasteiger partial charge in [-0.05, 0) is 11.6 Å². The van der Waals surface area contributed by atoms with E-state index in [-0.39, 0.29) is 30.6 Å². The summed E-state index contributed by atoms with van der Waals surface area (Å²) in [6.07, 6.45) is 2.69. The Kier molecular flexibility index (Phi) is 8.18. The van der Waals surface area contributed by atoms with Crippen LogP contribution in [-0.4, -0.2) is 4.98 Å². The maximum atomic E-state index is 12.2. The number of aromatic nitrogens is 1. The summed E-state index contributed by atoms with van der Waals surface area (Å²) in [4.78, 5) is 3.60. The number of hydrogen-bond donors (Lipinski definition) is 0. The predicted octanol–water partition coefficient (Wildman–Crippen LogP) is 2.80. The van der Waals surface area contributed by atoms with Gasteiger partial charge in [0, 0.05) is 12.1 Å². The molecule has 11 heavy (non-hydrogen) atoms. The molecule has 0 saturated carbocycles. The van der Waals surface area contributed by atoms with E-state index < -0.39 is 0 Å². The van der Waals surface area contributed by atoms with E-state index in [2.05, 4.69) is 4.98 Å². The van der Waals surface area contributed by atoms with Crippen LogP contribution in [0, 0.1) is 5.82 Å². The summed E-state index contributed by atoms with van der Waals surface area (Å²) in [5.74, 6) is -0.0294. The molecular weight excluding hydrogens is 211 g/mol. The van der Waals surface area contributed by atoms with Crippen molar-refractivity contribution in [2.45, 2.75) is 5.88 Å². The maximum Gasteiger partial charge on any atom is 0.141 e. The van der Waals surface area contributed by atoms with Crippen molar-refractivity contribution < 1.29 is 4.39 Å². The van der Waals surface area contributed by atoms with E-state index >= 15 is 0 Å². The summed E-state index contributed by atoms with van der Waals surface area (Å²) in [6, 6.07) is 1.36. The highest BCUT2D eigenvalue weighted by molar-refractivity contribution is 6.17. The van der Waals surface area contributed by atoms with Crippen molar-refractivity contribution in [1.82, 2.24) is 4.98 Å². The monoisotopic (exact) mass is 217 g/mol. The Bertz CT molecular complexity index is 207. The lowest BCUT2D eigenvalue weighted by Gasteiger charge is -1.90. The molecule has 0 unspecified atom stereocenters. The number of hydrogen-bond acceptors (Lipinski definition) is 1. The summed E-state index contributed by atoms with van der Waals surface area (Å²) in [7, 11) is 0. The molecule has 0 atom stereocenters. The summed E-state index contributed by atoms with van der Waals surface area (Å²) in [5, 5.41) is 0. The van der Waals surface area contributed by atoms with Crippen LogP contribution in [0.2, 0.25) is 0 Å². The van der Waals surface area contributed by atoms with Crippen molar-refractivity contribution in [3.8, 4) is 0 Å². The molecule has 64 valence electrons. The fraction of sp³-hybridized carbons (Fsp3) is 0.167. The zero-order valence-electron chi connectivity index (χ0n) is 5.46. The van der Waals surface area contributed by atoms with Crippen molar-refractivity contribution >= 4 is 36.4 Å². The lowest BCUT2D eigenvalue weighted by molar-refractivity contribution is 0.619. The van der Waals surface area contributed by atoms with Crippen LogP contribution in [0.4, 0.5) is 4.39 Å². The second-order valence-electron chi connectivity index (χ2n) is 1.65. The molecule has 0 fully saturated rings. The van der Waals surface area contributed by atoms with Crippen LogP contribution in [0.5, 0.6) is 0 Å². The minimum Gasteiger partial charge on any atom is -0.261 e. The molecule has 0 N–H and O–H groups in total. The lowest BCUT2D eigenvalue weighted by Crippen LogP contribution is -1.82. The van der Waals surface area contributed by atoms with Crippen LogP contribution in [0.15, 0.2) is 18.5 Å². The van der Waals surface area contributed by atoms with Gasteiger partial charge in [-0.3, -0.25) is 4.98 Å². The quantitative estimate of drug-likeness (QED) is 0.661. The Morgan fingerprint density at radius 3 is 2.36 bits per heavy atom. The molecule has 5 heteroatoms. The molecular formula is C6H7Cl3FN. The first kappa shape index (κ1) is 13.5. The Labute approximate surface area is 81.8 Å². The zero-order chi connectivity index (χ0) is 6.69. The van der Waals surface area contributed by atoms with E-state index in [4.69, 9.17) is 11.6 Å². The highest BCUT2D eigenvalue weighted by atomic mass is 35.5. The van der Waals surface area contributed by atoms with Crippen LogP contribution in [0.25, 0.3) is 0 Å². The average molecular weight is 218 g/mol. The van der Waals surface area contributed by atoms with Gasteiger partial charge in [0.15, 0.2) is 0 Å². The van der Waals surface area contributed by atoms with Gasteiger partial charge in [-0.2, -0.15) is 0 Å². The van der Waals surface area contributed by atoms with Crippen LogP contribution < -0.4 is 0 Å². The first-order valence-corrected chi connectivity index (χ1v) is 3.02. The van der Waals surface area contributed by atoms with Crippen molar-refractivity contribution in [1.29, 1.82) is 0 Å². The van der Waals surface area contributed by atoms with E-state index in [1.165, 1.54) is 12.3 Å². The molecule has 0 aliphatic carbocycles. The minimum atomic E-state index is -0.340. The van der Waals surface area contributed by atoms with E-state index in [9.17, 15) is 4.39 Å². The third kappa shape index (κ3) is 4.40. The molecule has 1 aromatic rings. The first-order chi connectivity index (χ1) is 4.33. The van der Waals surface area contributed by atoms with Crippen molar-refractivity contribution in [3.05, 3.63) is 29.8 Å². The van der Waals surface area contributed by atoms with Crippen LogP contribution in [0.1, 0.15) is 5.56 Å². The second kappa shape index (κ2) is 6.65. The molecule has 0 aliphatic rings. The smallest absolute Gasteiger partial charge is 0.141 e. The summed E-state index contributed by atoms with van der Waals surface area (Å²) in [6.45, 7) is 0. The lowest BCUT2D eigenvalue weighted by atomic mass is 10.3. The molecule has 1 heterocycles. The van der Waals surface area contributed by atoms with E-state index in [0.29, 0.717) is 11.4 Å². The Hall–Kier alpha value is -0.0500. The van der Waals surface area contributed by atoms with Gasteiger partial charge in [0.2, 0.25) is 0 Å². The minimum absolute atomic E-state index is 0. The van der Waals surface area contributed by atoms with E-state index in [1.807, 2.05) is 0 Å². The fourth-order valence-corrected chi connectivity index (χ4v) is 0.675. The van der Waals surface area contributed by atoms with Gasteiger partial charge >= 0.3 is 0 Å². The standard InChI is InChI=1S/C6H5ClFN.2ClH/c7-2-5-1-6(8)4-9-3-5;;/h1,3-4H,2H2;2*1H. The molecule has 1 aromatic heterocycles. The molecule has 0 aromatic carbocycles. The number of halogens is 4. The van der Waals surface area contributed by atoms with Gasteiger partial charge < -0.3 is 0 Å². The Morgan fingerprint density at radius 1 is 1.36 bits per heavy atom. The largest absolute Gasteiger partial charge is 0.261 e. The molecule has 0 amide bonds. The van der Waals surface area contributed by atoms with Crippen molar-refractivity contribution in [2.24, 2.45) is 0 Å². The highest BCUT2D eigenvalue weighted by Crippen LogP contribution is 2.02. The molecule has 0 radical (unpaired) electrons. The van der Waals surface area contributed by atoms with Gasteiger partial charge in [-0.1, -0.05) is 0 Å². The Balaban J connectivity index is 0. The molecule has 0 aliphatic heterocycles. The molecule has 0 bridgehead atoms. The van der Waals surface area contributed by atoms with Gasteiger partial charge in [-0.15, -0.1) is 36.4 Å². The van der Waals surface area contributed by atoms with Crippen LogP contribution in [0.3, 0.4) is 0 Å². The van der Waals surface area contributed by atoms with Gasteiger partial charge in [-0.25, -0.2) is 4.39 Å². The SMILES string of the molecule is Cl.Cl.Fc1cncc(CCl)c1. The second-order valence-corrected chi connectivity index (χ2v) is 1.91. The normalized spacial score (nSPS) is 7.82. The number of pyridine rings is 1. The van der Waals surface area contributed by atoms with Gasteiger partial charge in [0.25, 0.3) is 0 Å². The van der Waals surface area contributed by atoms with Crippen molar-refractivity contribution in [2.75, 3.05) is 0 Å². The zero-order valence-corrected chi connectivity index (χ0v) is 7.85. The van der Waals surface area contributed by atoms with Gasteiger partial charge in [0.1, 0.15) is 5.82 Å². The number of rotatable bonds is 1. The molecule has 1 rings (SSSR count). The summed E-state index contributed by atoms with van der Waals surface area (Å²) >= 11 is 5.39. The Morgan fingerprint density at radius 2 is 2.00 bits per heavy atom.